The van der Waals surface area contributed by atoms with Crippen molar-refractivity contribution in [2.24, 2.45) is 0 Å². The average Bonchev–Trinajstić information content (AvgIpc) is 3.34. The van der Waals surface area contributed by atoms with Gasteiger partial charge in [-0.15, -0.1) is 5.10 Å². The van der Waals surface area contributed by atoms with Crippen LogP contribution in [-0.2, 0) is 11.3 Å². The van der Waals surface area contributed by atoms with Crippen LogP contribution >= 0.6 is 0 Å². The quantitative estimate of drug-likeness (QED) is 0.878. The van der Waals surface area contributed by atoms with Gasteiger partial charge < -0.3 is 9.64 Å². The topological polar surface area (TPSA) is 57.3 Å². The highest BCUT2D eigenvalue weighted by Gasteiger charge is 2.34. The van der Waals surface area contributed by atoms with Crippen molar-refractivity contribution in [3.05, 3.63) is 41.5 Å². The van der Waals surface area contributed by atoms with E-state index in [9.17, 15) is 4.39 Å². The largest absolute Gasteiger partial charge is 0.376 e. The number of aromatic nitrogens is 4. The third-order valence-corrected chi connectivity index (χ3v) is 5.08. The number of quaternary nitrogens is 1. The zero-order chi connectivity index (χ0) is 16.4. The van der Waals surface area contributed by atoms with Gasteiger partial charge in [0.15, 0.2) is 6.04 Å². The molecule has 2 aromatic rings. The number of rotatable bonds is 5. The molecule has 0 bridgehead atoms. The van der Waals surface area contributed by atoms with Crippen LogP contribution in [0.1, 0.15) is 43.1 Å². The summed E-state index contributed by atoms with van der Waals surface area (Å²) in [5.74, 6) is 0.641. The number of nitrogens with zero attached hydrogens (tertiary/aromatic N) is 4. The number of benzene rings is 1. The van der Waals surface area contributed by atoms with Gasteiger partial charge in [-0.25, -0.2) is 9.07 Å². The molecule has 0 spiro atoms. The molecule has 2 fully saturated rings. The number of nitrogens with one attached hydrogen (secondary N) is 1. The number of halogens is 1. The molecule has 2 aliphatic rings. The number of tetrazole rings is 1. The van der Waals surface area contributed by atoms with E-state index < -0.39 is 0 Å². The van der Waals surface area contributed by atoms with Gasteiger partial charge in [0.05, 0.1) is 25.7 Å². The average molecular weight is 332 g/mol. The number of ether oxygens (including phenoxy) is 1. The van der Waals surface area contributed by atoms with Gasteiger partial charge in [0.1, 0.15) is 5.82 Å². The van der Waals surface area contributed by atoms with E-state index in [1.807, 2.05) is 16.8 Å². The lowest BCUT2D eigenvalue weighted by Gasteiger charge is -2.24. The summed E-state index contributed by atoms with van der Waals surface area (Å²) in [5.41, 5.74) is 1.07. The zero-order valence-corrected chi connectivity index (χ0v) is 13.7. The molecule has 128 valence electrons. The molecule has 2 atom stereocenters. The van der Waals surface area contributed by atoms with Crippen LogP contribution in [0, 0.1) is 5.82 Å². The Morgan fingerprint density at radius 3 is 2.71 bits per heavy atom. The Morgan fingerprint density at radius 2 is 2.00 bits per heavy atom. The predicted molar refractivity (Wildman–Crippen MR) is 85.0 cm³/mol. The summed E-state index contributed by atoms with van der Waals surface area (Å²) in [5, 5.41) is 12.5. The van der Waals surface area contributed by atoms with Crippen molar-refractivity contribution in [2.45, 2.75) is 44.4 Å². The molecule has 0 unspecified atom stereocenters. The van der Waals surface area contributed by atoms with Gasteiger partial charge >= 0.3 is 0 Å². The highest BCUT2D eigenvalue weighted by Crippen LogP contribution is 2.21. The SMILES string of the molecule is Fc1ccc([C@H](c2nnnn2C[C@H]2CCCO2)[NH+]2CCCC2)cc1. The van der Waals surface area contributed by atoms with Crippen molar-refractivity contribution in [3.63, 3.8) is 0 Å². The molecule has 2 aliphatic heterocycles. The minimum Gasteiger partial charge on any atom is -0.376 e. The maximum atomic E-state index is 13.4. The van der Waals surface area contributed by atoms with E-state index in [1.54, 1.807) is 0 Å². The van der Waals surface area contributed by atoms with Crippen LogP contribution in [0.3, 0.4) is 0 Å². The van der Waals surface area contributed by atoms with Crippen LogP contribution in [0.15, 0.2) is 24.3 Å². The van der Waals surface area contributed by atoms with Crippen molar-refractivity contribution in [1.29, 1.82) is 0 Å². The van der Waals surface area contributed by atoms with Gasteiger partial charge in [-0.3, -0.25) is 0 Å². The Kier molecular flexibility index (Phi) is 4.53. The minimum atomic E-state index is -0.215. The molecule has 1 aromatic carbocycles. The fourth-order valence-corrected chi connectivity index (χ4v) is 3.87. The Balaban J connectivity index is 1.65. The summed E-state index contributed by atoms with van der Waals surface area (Å²) < 4.78 is 21.0. The Labute approximate surface area is 140 Å². The van der Waals surface area contributed by atoms with Crippen molar-refractivity contribution < 1.29 is 14.0 Å². The summed E-state index contributed by atoms with van der Waals surface area (Å²) in [4.78, 5) is 1.45. The van der Waals surface area contributed by atoms with E-state index in [0.717, 1.165) is 43.9 Å². The van der Waals surface area contributed by atoms with E-state index in [0.29, 0.717) is 6.54 Å². The van der Waals surface area contributed by atoms with Crippen molar-refractivity contribution in [2.75, 3.05) is 19.7 Å². The first-order valence-electron chi connectivity index (χ1n) is 8.79. The molecule has 0 aliphatic carbocycles. The van der Waals surface area contributed by atoms with Gasteiger partial charge in [0.25, 0.3) is 0 Å². The van der Waals surface area contributed by atoms with Crippen LogP contribution < -0.4 is 4.90 Å². The molecular formula is C17H23FN5O+. The molecule has 0 radical (unpaired) electrons. The second kappa shape index (κ2) is 6.94. The normalized spacial score (nSPS) is 23.0. The van der Waals surface area contributed by atoms with E-state index in [-0.39, 0.29) is 18.0 Å². The van der Waals surface area contributed by atoms with E-state index in [4.69, 9.17) is 4.74 Å². The van der Waals surface area contributed by atoms with Gasteiger partial charge in [0, 0.05) is 25.0 Å². The highest BCUT2D eigenvalue weighted by atomic mass is 19.1. The molecular weight excluding hydrogens is 309 g/mol. The predicted octanol–water partition coefficient (Wildman–Crippen LogP) is 0.759. The molecule has 7 heteroatoms. The first-order chi connectivity index (χ1) is 11.8. The van der Waals surface area contributed by atoms with Gasteiger partial charge in [-0.2, -0.15) is 0 Å². The molecule has 1 aromatic heterocycles. The molecule has 2 saturated heterocycles. The summed E-state index contributed by atoms with van der Waals surface area (Å²) in [6.07, 6.45) is 4.76. The molecule has 4 rings (SSSR count). The molecule has 0 saturated carbocycles. The third-order valence-electron chi connectivity index (χ3n) is 5.08. The van der Waals surface area contributed by atoms with Gasteiger partial charge in [-0.1, -0.05) is 0 Å². The first kappa shape index (κ1) is 15.7. The lowest BCUT2D eigenvalue weighted by atomic mass is 10.0. The second-order valence-electron chi connectivity index (χ2n) is 6.70. The fraction of sp³-hybridized carbons (Fsp3) is 0.588. The van der Waals surface area contributed by atoms with Crippen LogP contribution in [0.5, 0.6) is 0 Å². The molecule has 1 N–H and O–H groups in total. The van der Waals surface area contributed by atoms with Crippen LogP contribution in [0.2, 0.25) is 0 Å². The lowest BCUT2D eigenvalue weighted by molar-refractivity contribution is -0.914. The smallest absolute Gasteiger partial charge is 0.214 e. The summed E-state index contributed by atoms with van der Waals surface area (Å²) in [7, 11) is 0. The molecule has 24 heavy (non-hydrogen) atoms. The summed E-state index contributed by atoms with van der Waals surface area (Å²) in [6.45, 7) is 3.69. The monoisotopic (exact) mass is 332 g/mol. The third kappa shape index (κ3) is 3.18. The standard InChI is InChI=1S/C17H22FN5O/c18-14-7-5-13(6-8-14)16(22-9-1-2-10-22)17-19-20-21-23(17)12-15-4-3-11-24-15/h5-8,15-16H,1-4,9-12H2/p+1/t15-,16-/m1/s1. The van der Waals surface area contributed by atoms with Crippen LogP contribution in [0.25, 0.3) is 0 Å². The van der Waals surface area contributed by atoms with E-state index in [1.165, 1.54) is 29.9 Å². The Morgan fingerprint density at radius 1 is 1.21 bits per heavy atom. The summed E-state index contributed by atoms with van der Waals surface area (Å²) in [6, 6.07) is 6.80. The van der Waals surface area contributed by atoms with Crippen LogP contribution in [0.4, 0.5) is 4.39 Å². The van der Waals surface area contributed by atoms with Gasteiger partial charge in [0.2, 0.25) is 5.82 Å². The maximum absolute atomic E-state index is 13.4. The lowest BCUT2D eigenvalue weighted by Crippen LogP contribution is -3.10. The van der Waals surface area contributed by atoms with Crippen molar-refractivity contribution in [3.8, 4) is 0 Å². The van der Waals surface area contributed by atoms with Crippen molar-refractivity contribution in [1.82, 2.24) is 20.2 Å². The Bertz CT molecular complexity index is 662. The van der Waals surface area contributed by atoms with Crippen molar-refractivity contribution >= 4 is 0 Å². The second-order valence-corrected chi connectivity index (χ2v) is 6.70. The first-order valence-corrected chi connectivity index (χ1v) is 8.79. The van der Waals surface area contributed by atoms with E-state index >= 15 is 0 Å². The molecule has 6 nitrogen and oxygen atoms in total. The molecule has 3 heterocycles. The zero-order valence-electron chi connectivity index (χ0n) is 13.7. The Hall–Kier alpha value is -1.86. The summed E-state index contributed by atoms with van der Waals surface area (Å²) >= 11 is 0. The number of hydrogen-bond donors (Lipinski definition) is 1. The minimum absolute atomic E-state index is 0.0458. The fourth-order valence-electron chi connectivity index (χ4n) is 3.87. The van der Waals surface area contributed by atoms with E-state index in [2.05, 4.69) is 15.5 Å². The maximum Gasteiger partial charge on any atom is 0.214 e. The highest BCUT2D eigenvalue weighted by molar-refractivity contribution is 5.23. The number of likely N-dealkylation sites (tertiary alicyclic amines) is 1. The molecule has 0 amide bonds. The van der Waals surface area contributed by atoms with Gasteiger partial charge in [-0.05, 0) is 47.5 Å². The number of hydrogen-bond acceptors (Lipinski definition) is 4. The van der Waals surface area contributed by atoms with Crippen LogP contribution in [-0.4, -0.2) is 46.0 Å².